The number of allylic oxidation sites excluding steroid dienone is 6. The Labute approximate surface area is 329 Å². The first-order valence-electron chi connectivity index (χ1n) is 22.1. The molecule has 0 atom stereocenters. The van der Waals surface area contributed by atoms with Gasteiger partial charge in [-0.05, 0) is 108 Å². The SMILES string of the molecule is CCCCCCCCC1(CCCCCCCC)c2cc(-n3c4c(c5c3=CC=CC5)C=CCC=4)ccc2-c2ccc(-n3c4c(c5c3=CC=CC5)C=CCC=4)cc21. The molecule has 0 N–H and O–H groups in total. The smallest absolute Gasteiger partial charge is 0.0503 e. The third-order valence-electron chi connectivity index (χ3n) is 13.4. The minimum atomic E-state index is -0.00673. The fourth-order valence-corrected chi connectivity index (χ4v) is 10.7. The van der Waals surface area contributed by atoms with Crippen LogP contribution < -0.4 is 21.4 Å². The molecule has 0 radical (unpaired) electrons. The van der Waals surface area contributed by atoms with Gasteiger partial charge >= 0.3 is 0 Å². The number of nitrogens with zero attached hydrogens (tertiary/aromatic N) is 2. The van der Waals surface area contributed by atoms with Crippen molar-refractivity contribution in [2.75, 3.05) is 0 Å². The quantitative estimate of drug-likeness (QED) is 0.102. The lowest BCUT2D eigenvalue weighted by Gasteiger charge is -2.33. The number of unbranched alkanes of at least 4 members (excludes halogenated alkanes) is 10. The second-order valence-corrected chi connectivity index (χ2v) is 16.9. The van der Waals surface area contributed by atoms with Crippen LogP contribution in [0.2, 0.25) is 0 Å². The van der Waals surface area contributed by atoms with Crippen LogP contribution in [0.3, 0.4) is 0 Å². The second-order valence-electron chi connectivity index (χ2n) is 16.9. The van der Waals surface area contributed by atoms with Crippen molar-refractivity contribution >= 4 is 36.5 Å². The van der Waals surface area contributed by atoms with Gasteiger partial charge in [0.2, 0.25) is 0 Å². The van der Waals surface area contributed by atoms with Gasteiger partial charge in [-0.2, -0.15) is 0 Å². The van der Waals surface area contributed by atoms with Crippen LogP contribution in [0.5, 0.6) is 0 Å². The number of rotatable bonds is 16. The highest BCUT2D eigenvalue weighted by Crippen LogP contribution is 2.55. The molecule has 2 aromatic carbocycles. The van der Waals surface area contributed by atoms with Gasteiger partial charge in [-0.25, -0.2) is 0 Å². The van der Waals surface area contributed by atoms with E-state index in [9.17, 15) is 0 Å². The van der Waals surface area contributed by atoms with E-state index in [-0.39, 0.29) is 5.41 Å². The summed E-state index contributed by atoms with van der Waals surface area (Å²) < 4.78 is 5.19. The number of hydrogen-bond donors (Lipinski definition) is 0. The third kappa shape index (κ3) is 6.44. The molecule has 0 bridgehead atoms. The van der Waals surface area contributed by atoms with Crippen LogP contribution in [0.4, 0.5) is 0 Å². The summed E-state index contributed by atoms with van der Waals surface area (Å²) in [6, 6.07) is 15.2. The topological polar surface area (TPSA) is 9.86 Å². The van der Waals surface area contributed by atoms with Crippen molar-refractivity contribution in [3.63, 3.8) is 0 Å². The van der Waals surface area contributed by atoms with Crippen molar-refractivity contribution in [3.05, 3.63) is 128 Å². The van der Waals surface area contributed by atoms with E-state index < -0.39 is 0 Å². The summed E-state index contributed by atoms with van der Waals surface area (Å²) in [4.78, 5) is 0. The van der Waals surface area contributed by atoms with Gasteiger partial charge in [-0.15, -0.1) is 0 Å². The molecule has 0 fully saturated rings. The van der Waals surface area contributed by atoms with E-state index in [0.29, 0.717) is 0 Å². The molecule has 2 heterocycles. The zero-order valence-corrected chi connectivity index (χ0v) is 33.5. The highest BCUT2D eigenvalue weighted by atomic mass is 15.0. The first kappa shape index (κ1) is 36.1. The molecule has 0 spiro atoms. The highest BCUT2D eigenvalue weighted by molar-refractivity contribution is 5.83. The lowest BCUT2D eigenvalue weighted by atomic mass is 9.70. The fourth-order valence-electron chi connectivity index (χ4n) is 10.7. The van der Waals surface area contributed by atoms with Crippen molar-refractivity contribution in [1.82, 2.24) is 9.13 Å². The van der Waals surface area contributed by atoms with Gasteiger partial charge < -0.3 is 9.13 Å². The van der Waals surface area contributed by atoms with E-state index in [4.69, 9.17) is 0 Å². The summed E-state index contributed by atoms with van der Waals surface area (Å²) in [6.07, 6.45) is 50.6. The van der Waals surface area contributed by atoms with Crippen LogP contribution in [-0.4, -0.2) is 9.13 Å². The molecular formula is C53H60N2. The third-order valence-corrected chi connectivity index (χ3v) is 13.4. The Bertz CT molecular complexity index is 2290. The van der Waals surface area contributed by atoms with Crippen molar-refractivity contribution in [3.8, 4) is 22.5 Å². The van der Waals surface area contributed by atoms with Gasteiger partial charge in [-0.1, -0.05) is 164 Å². The van der Waals surface area contributed by atoms with E-state index in [0.717, 1.165) is 25.7 Å². The second kappa shape index (κ2) is 15.9. The minimum Gasteiger partial charge on any atom is -0.310 e. The monoisotopic (exact) mass is 724 g/mol. The van der Waals surface area contributed by atoms with E-state index in [1.807, 2.05) is 0 Å². The molecule has 5 aliphatic carbocycles. The van der Waals surface area contributed by atoms with Crippen molar-refractivity contribution in [2.45, 2.75) is 135 Å². The molecule has 0 aliphatic heterocycles. The molecule has 5 aliphatic rings. The molecule has 9 rings (SSSR count). The van der Waals surface area contributed by atoms with Gasteiger partial charge in [0.25, 0.3) is 0 Å². The molecule has 0 amide bonds. The molecule has 0 saturated carbocycles. The maximum Gasteiger partial charge on any atom is 0.0503 e. The van der Waals surface area contributed by atoms with Gasteiger partial charge in [0.15, 0.2) is 0 Å². The molecule has 2 nitrogen and oxygen atoms in total. The van der Waals surface area contributed by atoms with Crippen LogP contribution in [0.1, 0.15) is 150 Å². The Morgan fingerprint density at radius 1 is 0.509 bits per heavy atom. The summed E-state index contributed by atoms with van der Waals surface area (Å²) in [7, 11) is 0. The molecule has 55 heavy (non-hydrogen) atoms. The Hall–Kier alpha value is -4.56. The summed E-state index contributed by atoms with van der Waals surface area (Å²) in [5, 5.41) is 5.48. The zero-order chi connectivity index (χ0) is 37.2. The predicted molar refractivity (Wildman–Crippen MR) is 237 cm³/mol. The van der Waals surface area contributed by atoms with E-state index in [1.54, 1.807) is 11.1 Å². The van der Waals surface area contributed by atoms with Crippen LogP contribution in [0.15, 0.2) is 72.9 Å². The maximum absolute atomic E-state index is 2.65. The average molecular weight is 725 g/mol. The van der Waals surface area contributed by atoms with Crippen molar-refractivity contribution < 1.29 is 0 Å². The Kier molecular flexibility index (Phi) is 10.4. The van der Waals surface area contributed by atoms with Gasteiger partial charge in [0.1, 0.15) is 0 Å². The van der Waals surface area contributed by atoms with Crippen molar-refractivity contribution in [1.29, 1.82) is 0 Å². The first-order valence-corrected chi connectivity index (χ1v) is 22.1. The molecule has 0 saturated heterocycles. The Morgan fingerprint density at radius 3 is 1.44 bits per heavy atom. The molecule has 2 aromatic heterocycles. The first-order chi connectivity index (χ1) is 27.2. The molecule has 0 unspecified atom stereocenters. The van der Waals surface area contributed by atoms with Crippen LogP contribution in [-0.2, 0) is 18.3 Å². The summed E-state index contributed by atoms with van der Waals surface area (Å²) in [5.41, 5.74) is 14.5. The minimum absolute atomic E-state index is 0.00673. The van der Waals surface area contributed by atoms with E-state index in [2.05, 4.69) is 132 Å². The van der Waals surface area contributed by atoms with Gasteiger partial charge in [0.05, 0.1) is 21.4 Å². The fraction of sp³-hybridized carbons (Fsp3) is 0.396. The van der Waals surface area contributed by atoms with Crippen LogP contribution in [0, 0.1) is 0 Å². The zero-order valence-electron chi connectivity index (χ0n) is 33.5. The molecule has 2 heteroatoms. The lowest BCUT2D eigenvalue weighted by molar-refractivity contribution is 0.397. The van der Waals surface area contributed by atoms with E-state index in [1.165, 1.54) is 156 Å². The maximum atomic E-state index is 2.65. The molecule has 282 valence electrons. The Morgan fingerprint density at radius 2 is 0.964 bits per heavy atom. The molecule has 4 aromatic rings. The number of hydrogen-bond acceptors (Lipinski definition) is 0. The molecular weight excluding hydrogens is 665 g/mol. The van der Waals surface area contributed by atoms with Crippen LogP contribution >= 0.6 is 0 Å². The summed E-state index contributed by atoms with van der Waals surface area (Å²) in [6.45, 7) is 4.67. The Balaban J connectivity index is 1.21. The average Bonchev–Trinajstić information content (AvgIpc) is 3.84. The normalized spacial score (nSPS) is 16.3. The number of benzene rings is 2. The lowest BCUT2D eigenvalue weighted by Crippen LogP contribution is -2.30. The number of aromatic nitrogens is 2. The van der Waals surface area contributed by atoms with E-state index >= 15 is 0 Å². The summed E-state index contributed by atoms with van der Waals surface area (Å²) in [5.74, 6) is 0. The number of fused-ring (bicyclic) bond motifs is 9. The van der Waals surface area contributed by atoms with Crippen LogP contribution in [0.25, 0.3) is 59.0 Å². The van der Waals surface area contributed by atoms with Crippen molar-refractivity contribution in [2.24, 2.45) is 0 Å². The standard InChI is InChI=1S/C53H60N2/c1-3-5-7-9-11-21-35-53(36-22-12-10-8-6-4-2)47-37-39(54-49-27-17-13-23-43(49)44-24-14-18-28-50(44)54)31-33-41(47)42-34-32-40(38-48(42)53)55-51-29-19-15-25-45(51)46-26-16-20-30-52(46)55/h13-17,19,24,26-34,37-38H,3-12,18,20-23,25,35-36H2,1-2H3. The van der Waals surface area contributed by atoms with Gasteiger partial charge in [0, 0.05) is 27.9 Å². The largest absolute Gasteiger partial charge is 0.310 e. The summed E-state index contributed by atoms with van der Waals surface area (Å²) >= 11 is 0. The van der Waals surface area contributed by atoms with Gasteiger partial charge in [-0.3, -0.25) is 0 Å². The highest BCUT2D eigenvalue weighted by Gasteiger charge is 2.43. The predicted octanol–water partition coefficient (Wildman–Crippen LogP) is 11.2.